The molecule has 1 aromatic heterocycles. The van der Waals surface area contributed by atoms with Crippen LogP contribution in [-0.4, -0.2) is 24.8 Å². The number of hydrogen-bond donors (Lipinski definition) is 3. The van der Waals surface area contributed by atoms with E-state index in [1.54, 1.807) is 48.8 Å². The van der Waals surface area contributed by atoms with Crippen molar-refractivity contribution in [1.82, 2.24) is 4.98 Å². The van der Waals surface area contributed by atoms with Crippen LogP contribution in [0.1, 0.15) is 15.9 Å². The molecule has 0 saturated carbocycles. The van der Waals surface area contributed by atoms with E-state index in [2.05, 4.69) is 10.3 Å². The summed E-state index contributed by atoms with van der Waals surface area (Å²) in [6, 6.07) is 14.6. The Morgan fingerprint density at radius 1 is 1.11 bits per heavy atom. The molecule has 0 aliphatic heterocycles. The number of nitrogens with zero attached hydrogens (tertiary/aromatic N) is 1. The molecule has 1 unspecified atom stereocenters. The summed E-state index contributed by atoms with van der Waals surface area (Å²) in [5.74, 6) is 0.0133. The monoisotopic (exact) mass is 384 g/mol. The number of benzene rings is 2. The first kappa shape index (κ1) is 18.6. The van der Waals surface area contributed by atoms with Gasteiger partial charge in [-0.3, -0.25) is 4.98 Å². The number of anilines is 1. The highest BCUT2D eigenvalue weighted by molar-refractivity contribution is 7.79. The Kier molecular flexibility index (Phi) is 5.80. The van der Waals surface area contributed by atoms with Gasteiger partial charge in [0.05, 0.1) is 16.7 Å². The molecule has 27 heavy (non-hydrogen) atoms. The number of aromatic carboxylic acids is 1. The van der Waals surface area contributed by atoms with Gasteiger partial charge in [0.1, 0.15) is 11.5 Å². The zero-order valence-corrected chi connectivity index (χ0v) is 14.8. The van der Waals surface area contributed by atoms with Crippen LogP contribution in [0.25, 0.3) is 0 Å². The average molecular weight is 384 g/mol. The van der Waals surface area contributed by atoms with Crippen LogP contribution in [0.2, 0.25) is 0 Å². The van der Waals surface area contributed by atoms with Crippen LogP contribution in [0.3, 0.4) is 0 Å². The van der Waals surface area contributed by atoms with Gasteiger partial charge in [-0.15, -0.1) is 0 Å². The lowest BCUT2D eigenvalue weighted by molar-refractivity contribution is 0.0697. The molecule has 0 radical (unpaired) electrons. The Balaban J connectivity index is 1.82. The molecule has 1 atom stereocenters. The van der Waals surface area contributed by atoms with Crippen molar-refractivity contribution in [2.24, 2.45) is 0 Å². The Bertz CT molecular complexity index is 979. The van der Waals surface area contributed by atoms with E-state index in [-0.39, 0.29) is 17.0 Å². The zero-order valence-electron chi connectivity index (χ0n) is 14.0. The summed E-state index contributed by atoms with van der Waals surface area (Å²) in [5.41, 5.74) is 1.29. The number of pyridine rings is 1. The maximum Gasteiger partial charge on any atom is 0.335 e. The van der Waals surface area contributed by atoms with Gasteiger partial charge in [-0.2, -0.15) is 0 Å². The standard InChI is InChI=1S/C19H16N2O5S/c22-19(23)13-3-1-4-15(9-13)21-11-14-10-16(6-7-18(14)27(24)25)26-17-5-2-8-20-12-17/h1-10,12,21H,11H2,(H,22,23)(H,24,25). The Morgan fingerprint density at radius 2 is 1.96 bits per heavy atom. The second-order valence-corrected chi connectivity index (χ2v) is 6.49. The van der Waals surface area contributed by atoms with Crippen LogP contribution >= 0.6 is 0 Å². The van der Waals surface area contributed by atoms with E-state index >= 15 is 0 Å². The molecule has 1 heterocycles. The Hall–Kier alpha value is -3.23. The predicted molar refractivity (Wildman–Crippen MR) is 101 cm³/mol. The lowest BCUT2D eigenvalue weighted by Crippen LogP contribution is -2.05. The number of carbonyl (C=O) groups is 1. The Labute approximate surface area is 157 Å². The van der Waals surface area contributed by atoms with Gasteiger partial charge in [-0.25, -0.2) is 9.00 Å². The lowest BCUT2D eigenvalue weighted by Gasteiger charge is -2.12. The van der Waals surface area contributed by atoms with Crippen LogP contribution in [0, 0.1) is 0 Å². The number of ether oxygens (including phenoxy) is 1. The second-order valence-electron chi connectivity index (χ2n) is 5.55. The van der Waals surface area contributed by atoms with E-state index in [0.29, 0.717) is 22.7 Å². The predicted octanol–water partition coefficient (Wildman–Crippen LogP) is 3.76. The number of aromatic nitrogens is 1. The zero-order chi connectivity index (χ0) is 19.2. The molecule has 3 N–H and O–H groups in total. The van der Waals surface area contributed by atoms with E-state index < -0.39 is 17.0 Å². The maximum atomic E-state index is 11.6. The quantitative estimate of drug-likeness (QED) is 0.532. The summed E-state index contributed by atoms with van der Waals surface area (Å²) in [7, 11) is 0. The van der Waals surface area contributed by atoms with Gasteiger partial charge in [-0.05, 0) is 54.1 Å². The van der Waals surface area contributed by atoms with Crippen molar-refractivity contribution in [3.63, 3.8) is 0 Å². The van der Waals surface area contributed by atoms with Gasteiger partial charge in [-0.1, -0.05) is 6.07 Å². The summed E-state index contributed by atoms with van der Waals surface area (Å²) in [6.45, 7) is 0.217. The van der Waals surface area contributed by atoms with Crippen LogP contribution in [0.15, 0.2) is 71.9 Å². The lowest BCUT2D eigenvalue weighted by atomic mass is 10.1. The first-order valence-electron chi connectivity index (χ1n) is 7.92. The van der Waals surface area contributed by atoms with E-state index in [0.717, 1.165) is 0 Å². The molecule has 3 aromatic rings. The summed E-state index contributed by atoms with van der Waals surface area (Å²) < 4.78 is 26.8. The van der Waals surface area contributed by atoms with Crippen LogP contribution in [0.5, 0.6) is 11.5 Å². The largest absolute Gasteiger partial charge is 0.478 e. The fourth-order valence-corrected chi connectivity index (χ4v) is 2.97. The molecule has 138 valence electrons. The molecule has 0 aliphatic carbocycles. The highest BCUT2D eigenvalue weighted by atomic mass is 32.2. The molecule has 0 spiro atoms. The first-order chi connectivity index (χ1) is 13.0. The van der Waals surface area contributed by atoms with E-state index in [1.807, 2.05) is 0 Å². The third kappa shape index (κ3) is 4.90. The maximum absolute atomic E-state index is 11.6. The molecule has 0 aliphatic rings. The molecular formula is C19H16N2O5S. The van der Waals surface area contributed by atoms with Crippen molar-refractivity contribution < 1.29 is 23.4 Å². The minimum Gasteiger partial charge on any atom is -0.478 e. The number of rotatable bonds is 7. The number of carboxylic acid groups (broad SMARTS) is 1. The molecular weight excluding hydrogens is 368 g/mol. The fraction of sp³-hybridized carbons (Fsp3) is 0.0526. The molecule has 0 fully saturated rings. The summed E-state index contributed by atoms with van der Waals surface area (Å²) in [6.07, 6.45) is 3.19. The fourth-order valence-electron chi connectivity index (χ4n) is 2.43. The molecule has 3 rings (SSSR count). The van der Waals surface area contributed by atoms with Crippen LogP contribution < -0.4 is 10.1 Å². The van der Waals surface area contributed by atoms with Crippen molar-refractivity contribution >= 4 is 22.7 Å². The van der Waals surface area contributed by atoms with Gasteiger partial charge in [0.2, 0.25) is 0 Å². The van der Waals surface area contributed by atoms with Gasteiger partial charge < -0.3 is 19.7 Å². The average Bonchev–Trinajstić information content (AvgIpc) is 2.67. The van der Waals surface area contributed by atoms with Gasteiger partial charge in [0.25, 0.3) is 0 Å². The third-order valence-corrected chi connectivity index (χ3v) is 4.46. The Morgan fingerprint density at radius 3 is 2.67 bits per heavy atom. The summed E-state index contributed by atoms with van der Waals surface area (Å²) in [4.78, 5) is 15.3. The number of carboxylic acids is 1. The topological polar surface area (TPSA) is 109 Å². The van der Waals surface area contributed by atoms with Crippen molar-refractivity contribution in [3.05, 3.63) is 78.1 Å². The second kappa shape index (κ2) is 8.43. The van der Waals surface area contributed by atoms with Crippen LogP contribution in [-0.2, 0) is 17.6 Å². The van der Waals surface area contributed by atoms with Gasteiger partial charge in [0.15, 0.2) is 11.1 Å². The van der Waals surface area contributed by atoms with E-state index in [9.17, 15) is 13.6 Å². The van der Waals surface area contributed by atoms with Gasteiger partial charge in [0, 0.05) is 18.4 Å². The summed E-state index contributed by atoms with van der Waals surface area (Å²) >= 11 is -2.17. The molecule has 0 amide bonds. The highest BCUT2D eigenvalue weighted by Crippen LogP contribution is 2.25. The van der Waals surface area contributed by atoms with Crippen molar-refractivity contribution in [1.29, 1.82) is 0 Å². The normalized spacial score (nSPS) is 11.6. The molecule has 2 aromatic carbocycles. The summed E-state index contributed by atoms with van der Waals surface area (Å²) in [5, 5.41) is 12.1. The SMILES string of the molecule is O=C(O)c1cccc(NCc2cc(Oc3cccnc3)ccc2S(=O)O)c1. The van der Waals surface area contributed by atoms with Crippen molar-refractivity contribution in [2.45, 2.75) is 11.4 Å². The molecule has 7 nitrogen and oxygen atoms in total. The molecule has 0 saturated heterocycles. The minimum absolute atomic E-state index is 0.152. The number of hydrogen-bond acceptors (Lipinski definition) is 5. The third-order valence-electron chi connectivity index (χ3n) is 3.68. The minimum atomic E-state index is -2.17. The molecule has 0 bridgehead atoms. The van der Waals surface area contributed by atoms with E-state index in [1.165, 1.54) is 18.2 Å². The van der Waals surface area contributed by atoms with Crippen LogP contribution in [0.4, 0.5) is 5.69 Å². The van der Waals surface area contributed by atoms with Crippen molar-refractivity contribution in [3.8, 4) is 11.5 Å². The highest BCUT2D eigenvalue weighted by Gasteiger charge is 2.11. The van der Waals surface area contributed by atoms with Gasteiger partial charge >= 0.3 is 5.97 Å². The van der Waals surface area contributed by atoms with E-state index in [4.69, 9.17) is 9.84 Å². The first-order valence-corrected chi connectivity index (χ1v) is 9.02. The number of nitrogens with one attached hydrogen (secondary N) is 1. The smallest absolute Gasteiger partial charge is 0.335 e. The molecule has 8 heteroatoms. The van der Waals surface area contributed by atoms with Crippen molar-refractivity contribution in [2.75, 3.05) is 5.32 Å².